The molecular weight excluding hydrogens is 256 g/mol. The van der Waals surface area contributed by atoms with Gasteiger partial charge in [-0.2, -0.15) is 0 Å². The van der Waals surface area contributed by atoms with Crippen LogP contribution in [-0.4, -0.2) is 35.2 Å². The Labute approximate surface area is 115 Å². The lowest BCUT2D eigenvalue weighted by molar-refractivity contribution is 0.683. The largest absolute Gasteiger partial charge is 0.379 e. The Morgan fingerprint density at radius 3 is 2.75 bits per heavy atom. The molecule has 2 aromatic heterocycles. The van der Waals surface area contributed by atoms with E-state index in [2.05, 4.69) is 37.2 Å². The van der Waals surface area contributed by atoms with Crippen molar-refractivity contribution in [3.8, 4) is 5.69 Å². The second kappa shape index (κ2) is 5.08. The van der Waals surface area contributed by atoms with Crippen LogP contribution < -0.4 is 5.32 Å². The molecule has 1 N–H and O–H groups in total. The van der Waals surface area contributed by atoms with Gasteiger partial charge in [-0.15, -0.1) is 10.2 Å². The Morgan fingerprint density at radius 2 is 2.10 bits per heavy atom. The summed E-state index contributed by atoms with van der Waals surface area (Å²) in [5.74, 6) is 0. The van der Waals surface area contributed by atoms with Crippen LogP contribution in [0.3, 0.4) is 0 Å². The number of nitrogens with zero attached hydrogens (tertiary/aromatic N) is 7. The molecule has 2 heterocycles. The van der Waals surface area contributed by atoms with Crippen molar-refractivity contribution in [3.63, 3.8) is 0 Å². The minimum absolute atomic E-state index is 0.674. The highest BCUT2D eigenvalue weighted by Gasteiger charge is 2.04. The van der Waals surface area contributed by atoms with Crippen LogP contribution in [0.15, 0.2) is 30.7 Å². The van der Waals surface area contributed by atoms with Crippen molar-refractivity contribution in [3.05, 3.63) is 42.0 Å². The Kier molecular flexibility index (Phi) is 3.12. The molecule has 0 bridgehead atoms. The molecule has 0 aliphatic carbocycles. The molecule has 0 saturated carbocycles. The Hall–Kier alpha value is -2.77. The zero-order valence-electron chi connectivity index (χ0n) is 11.2. The maximum Gasteiger partial charge on any atom is 0.143 e. The van der Waals surface area contributed by atoms with E-state index in [0.29, 0.717) is 6.54 Å². The molecule has 3 aromatic rings. The van der Waals surface area contributed by atoms with Crippen molar-refractivity contribution in [2.24, 2.45) is 7.05 Å². The van der Waals surface area contributed by atoms with Crippen LogP contribution in [0.2, 0.25) is 0 Å². The minimum atomic E-state index is 0.674. The second-order valence-electron chi connectivity index (χ2n) is 4.46. The summed E-state index contributed by atoms with van der Waals surface area (Å²) in [6, 6.07) is 6.03. The van der Waals surface area contributed by atoms with E-state index < -0.39 is 0 Å². The highest BCUT2D eigenvalue weighted by molar-refractivity contribution is 5.53. The van der Waals surface area contributed by atoms with Crippen LogP contribution >= 0.6 is 0 Å². The molecule has 3 rings (SSSR count). The molecular formula is C12H14N8. The smallest absolute Gasteiger partial charge is 0.143 e. The maximum atomic E-state index is 3.90. The monoisotopic (exact) mass is 270 g/mol. The number of aryl methyl sites for hydroxylation is 2. The molecule has 20 heavy (non-hydrogen) atoms. The molecule has 0 aliphatic rings. The molecule has 0 fully saturated rings. The Morgan fingerprint density at radius 1 is 1.20 bits per heavy atom. The summed E-state index contributed by atoms with van der Waals surface area (Å²) < 4.78 is 3.39. The number of aromatic nitrogens is 7. The van der Waals surface area contributed by atoms with Gasteiger partial charge in [0.1, 0.15) is 6.33 Å². The van der Waals surface area contributed by atoms with E-state index in [9.17, 15) is 0 Å². The molecule has 8 nitrogen and oxygen atoms in total. The van der Waals surface area contributed by atoms with E-state index in [1.807, 2.05) is 26.1 Å². The van der Waals surface area contributed by atoms with Gasteiger partial charge in [0.15, 0.2) is 0 Å². The number of rotatable bonds is 4. The fourth-order valence-electron chi connectivity index (χ4n) is 1.96. The first-order valence-corrected chi connectivity index (χ1v) is 6.15. The fraction of sp³-hybridized carbons (Fsp3) is 0.250. The first-order chi connectivity index (χ1) is 9.74. The van der Waals surface area contributed by atoms with Gasteiger partial charge in [0, 0.05) is 12.7 Å². The number of tetrazole rings is 1. The van der Waals surface area contributed by atoms with Crippen molar-refractivity contribution in [1.82, 2.24) is 35.2 Å². The van der Waals surface area contributed by atoms with Crippen molar-refractivity contribution in [2.45, 2.75) is 13.5 Å². The number of benzene rings is 1. The van der Waals surface area contributed by atoms with E-state index in [4.69, 9.17) is 0 Å². The molecule has 0 aliphatic heterocycles. The van der Waals surface area contributed by atoms with E-state index in [-0.39, 0.29) is 0 Å². The summed E-state index contributed by atoms with van der Waals surface area (Å²) >= 11 is 0. The Balaban J connectivity index is 1.76. The van der Waals surface area contributed by atoms with Gasteiger partial charge in [0.25, 0.3) is 0 Å². The maximum absolute atomic E-state index is 3.90. The van der Waals surface area contributed by atoms with Gasteiger partial charge in [-0.1, -0.05) is 5.21 Å². The van der Waals surface area contributed by atoms with Gasteiger partial charge >= 0.3 is 0 Å². The average molecular weight is 270 g/mol. The predicted molar refractivity (Wildman–Crippen MR) is 72.2 cm³/mol. The third kappa shape index (κ3) is 2.35. The van der Waals surface area contributed by atoms with Gasteiger partial charge in [-0.3, -0.25) is 4.68 Å². The third-order valence-electron chi connectivity index (χ3n) is 3.07. The molecule has 0 atom stereocenters. The third-order valence-corrected chi connectivity index (χ3v) is 3.07. The molecule has 0 radical (unpaired) electrons. The lowest BCUT2D eigenvalue weighted by Crippen LogP contribution is -2.06. The molecule has 0 amide bonds. The van der Waals surface area contributed by atoms with Gasteiger partial charge in [-0.05, 0) is 41.1 Å². The van der Waals surface area contributed by atoms with Crippen molar-refractivity contribution >= 4 is 5.69 Å². The van der Waals surface area contributed by atoms with Crippen molar-refractivity contribution in [2.75, 3.05) is 5.32 Å². The number of hydrogen-bond donors (Lipinski definition) is 1. The normalized spacial score (nSPS) is 10.7. The van der Waals surface area contributed by atoms with Gasteiger partial charge in [0.2, 0.25) is 0 Å². The highest BCUT2D eigenvalue weighted by Crippen LogP contribution is 2.18. The minimum Gasteiger partial charge on any atom is -0.379 e. The lowest BCUT2D eigenvalue weighted by atomic mass is 10.2. The predicted octanol–water partition coefficient (Wildman–Crippen LogP) is 0.711. The van der Waals surface area contributed by atoms with Gasteiger partial charge < -0.3 is 5.32 Å². The lowest BCUT2D eigenvalue weighted by Gasteiger charge is -2.09. The highest BCUT2D eigenvalue weighted by atomic mass is 15.5. The molecule has 0 unspecified atom stereocenters. The summed E-state index contributed by atoms with van der Waals surface area (Å²) in [6.07, 6.45) is 3.33. The Bertz CT molecular complexity index is 700. The van der Waals surface area contributed by atoms with Crippen LogP contribution in [-0.2, 0) is 13.6 Å². The summed E-state index contributed by atoms with van der Waals surface area (Å²) in [6.45, 7) is 2.70. The zero-order valence-corrected chi connectivity index (χ0v) is 11.2. The molecule has 102 valence electrons. The van der Waals surface area contributed by atoms with Crippen LogP contribution in [0.4, 0.5) is 5.69 Å². The summed E-state index contributed by atoms with van der Waals surface area (Å²) in [7, 11) is 1.87. The first-order valence-electron chi connectivity index (χ1n) is 6.15. The fourth-order valence-corrected chi connectivity index (χ4v) is 1.96. The van der Waals surface area contributed by atoms with Crippen molar-refractivity contribution < 1.29 is 0 Å². The van der Waals surface area contributed by atoms with Crippen LogP contribution in [0, 0.1) is 6.92 Å². The molecule has 1 aromatic carbocycles. The molecule has 0 spiro atoms. The van der Waals surface area contributed by atoms with Crippen LogP contribution in [0.5, 0.6) is 0 Å². The SMILES string of the molecule is Cc1cc(NCc2cnnn2C)ccc1-n1cnnn1. The zero-order chi connectivity index (χ0) is 13.9. The summed E-state index contributed by atoms with van der Waals surface area (Å²) in [5, 5.41) is 22.3. The average Bonchev–Trinajstić information content (AvgIpc) is 3.08. The summed E-state index contributed by atoms with van der Waals surface area (Å²) in [5.41, 5.74) is 4.10. The summed E-state index contributed by atoms with van der Waals surface area (Å²) in [4.78, 5) is 0. The number of nitrogens with one attached hydrogen (secondary N) is 1. The molecule has 8 heteroatoms. The first kappa shape index (κ1) is 12.3. The quantitative estimate of drug-likeness (QED) is 0.751. The molecule has 0 saturated heterocycles. The standard InChI is InChI=1S/C12H14N8/c1-9-5-10(13-6-11-7-14-17-19(11)2)3-4-12(9)20-8-15-16-18-20/h3-5,7-8,13H,6H2,1-2H3. The van der Waals surface area contributed by atoms with E-state index in [1.165, 1.54) is 0 Å². The number of anilines is 1. The second-order valence-corrected chi connectivity index (χ2v) is 4.46. The van der Waals surface area contributed by atoms with E-state index in [0.717, 1.165) is 22.6 Å². The van der Waals surface area contributed by atoms with E-state index in [1.54, 1.807) is 21.9 Å². The van der Waals surface area contributed by atoms with Gasteiger partial charge in [0.05, 0.1) is 24.1 Å². The van der Waals surface area contributed by atoms with Crippen LogP contribution in [0.1, 0.15) is 11.3 Å². The topological polar surface area (TPSA) is 86.3 Å². The number of hydrogen-bond acceptors (Lipinski definition) is 6. The van der Waals surface area contributed by atoms with Gasteiger partial charge in [-0.25, -0.2) is 4.68 Å². The van der Waals surface area contributed by atoms with E-state index >= 15 is 0 Å². The van der Waals surface area contributed by atoms with Crippen LogP contribution in [0.25, 0.3) is 5.69 Å². The van der Waals surface area contributed by atoms with Crippen molar-refractivity contribution in [1.29, 1.82) is 0 Å².